The van der Waals surface area contributed by atoms with Crippen LogP contribution in [-0.2, 0) is 0 Å². The molecule has 3 aromatic carbocycles. The number of hydrogen-bond donors (Lipinski definition) is 3. The van der Waals surface area contributed by atoms with Gasteiger partial charge in [-0.1, -0.05) is 36.4 Å². The zero-order chi connectivity index (χ0) is 22.4. The largest absolute Gasteiger partial charge is 0.355 e. The summed E-state index contributed by atoms with van der Waals surface area (Å²) in [5.74, 6) is -0.415. The first-order valence-corrected chi connectivity index (χ1v) is 11.1. The average Bonchev–Trinajstić information content (AvgIpc) is 2.84. The molecule has 0 aliphatic rings. The standard InChI is InChI=1S/C24H24N3O3P/c1-25-22(28)16-4-10-19(11-5-16)31(20-12-6-17(7-13-20)23(29)26-2)21-14-8-18(9-15-21)24(30)27-3/h4-15H,1-3H3,(H,25,28)(H,26,29)(H,27,30). The Morgan fingerprint density at radius 1 is 0.484 bits per heavy atom. The zero-order valence-corrected chi connectivity index (χ0v) is 18.5. The highest BCUT2D eigenvalue weighted by atomic mass is 31.1. The van der Waals surface area contributed by atoms with Crippen LogP contribution in [0.2, 0.25) is 0 Å². The molecule has 0 aliphatic carbocycles. The monoisotopic (exact) mass is 433 g/mol. The molecule has 0 radical (unpaired) electrons. The number of hydrogen-bond acceptors (Lipinski definition) is 3. The zero-order valence-electron chi connectivity index (χ0n) is 17.6. The summed E-state index contributed by atoms with van der Waals surface area (Å²) in [5.41, 5.74) is 1.77. The molecule has 0 aromatic heterocycles. The molecule has 3 amide bonds. The molecule has 0 bridgehead atoms. The molecule has 3 rings (SSSR count). The van der Waals surface area contributed by atoms with Gasteiger partial charge >= 0.3 is 0 Å². The Kier molecular flexibility index (Phi) is 7.16. The minimum Gasteiger partial charge on any atom is -0.355 e. The molecule has 3 N–H and O–H groups in total. The van der Waals surface area contributed by atoms with Gasteiger partial charge in [0, 0.05) is 37.8 Å². The quantitative estimate of drug-likeness (QED) is 0.516. The molecule has 0 saturated heterocycles. The van der Waals surface area contributed by atoms with Crippen molar-refractivity contribution < 1.29 is 14.4 Å². The Morgan fingerprint density at radius 2 is 0.710 bits per heavy atom. The number of nitrogens with one attached hydrogen (secondary N) is 3. The highest BCUT2D eigenvalue weighted by molar-refractivity contribution is 7.79. The van der Waals surface area contributed by atoms with Crippen LogP contribution in [0.3, 0.4) is 0 Å². The number of carbonyl (C=O) groups is 3. The molecule has 0 spiro atoms. The van der Waals surface area contributed by atoms with Gasteiger partial charge in [0.1, 0.15) is 0 Å². The lowest BCUT2D eigenvalue weighted by Gasteiger charge is -2.20. The minimum absolute atomic E-state index is 0.138. The van der Waals surface area contributed by atoms with Crippen LogP contribution in [0.1, 0.15) is 31.1 Å². The van der Waals surface area contributed by atoms with E-state index < -0.39 is 7.92 Å². The van der Waals surface area contributed by atoms with Crippen molar-refractivity contribution in [3.05, 3.63) is 89.5 Å². The minimum atomic E-state index is -0.949. The molecule has 0 unspecified atom stereocenters. The molecule has 0 heterocycles. The molecule has 0 fully saturated rings. The van der Waals surface area contributed by atoms with E-state index in [1.165, 1.54) is 0 Å². The number of benzene rings is 3. The second-order valence-corrected chi connectivity index (χ2v) is 8.93. The van der Waals surface area contributed by atoms with Gasteiger partial charge < -0.3 is 16.0 Å². The number of rotatable bonds is 6. The first-order valence-electron chi connectivity index (χ1n) is 9.75. The number of carbonyl (C=O) groups excluding carboxylic acids is 3. The highest BCUT2D eigenvalue weighted by Crippen LogP contribution is 2.33. The fourth-order valence-corrected chi connectivity index (χ4v) is 5.40. The summed E-state index contributed by atoms with van der Waals surface area (Å²) in [6, 6.07) is 22.6. The Bertz CT molecular complexity index is 937. The molecule has 0 atom stereocenters. The predicted octanol–water partition coefficient (Wildman–Crippen LogP) is 1.52. The van der Waals surface area contributed by atoms with Crippen LogP contribution >= 0.6 is 7.92 Å². The lowest BCUT2D eigenvalue weighted by molar-refractivity contribution is 0.0955. The smallest absolute Gasteiger partial charge is 0.251 e. The van der Waals surface area contributed by atoms with E-state index in [0.29, 0.717) is 16.7 Å². The van der Waals surface area contributed by atoms with E-state index in [1.54, 1.807) is 57.5 Å². The molecule has 31 heavy (non-hydrogen) atoms. The van der Waals surface area contributed by atoms with Gasteiger partial charge in [-0.05, 0) is 60.2 Å². The van der Waals surface area contributed by atoms with Crippen molar-refractivity contribution >= 4 is 41.6 Å². The second-order valence-electron chi connectivity index (χ2n) is 6.71. The van der Waals surface area contributed by atoms with Crippen LogP contribution in [0.5, 0.6) is 0 Å². The topological polar surface area (TPSA) is 87.3 Å². The predicted molar refractivity (Wildman–Crippen MR) is 125 cm³/mol. The van der Waals surface area contributed by atoms with Gasteiger partial charge in [-0.15, -0.1) is 0 Å². The molecule has 3 aromatic rings. The molecule has 7 heteroatoms. The van der Waals surface area contributed by atoms with Crippen LogP contribution in [0.25, 0.3) is 0 Å². The van der Waals surface area contributed by atoms with E-state index in [1.807, 2.05) is 36.4 Å². The van der Waals surface area contributed by atoms with Gasteiger partial charge in [0.25, 0.3) is 17.7 Å². The average molecular weight is 433 g/mol. The van der Waals surface area contributed by atoms with Gasteiger partial charge in [-0.3, -0.25) is 14.4 Å². The van der Waals surface area contributed by atoms with E-state index in [2.05, 4.69) is 16.0 Å². The van der Waals surface area contributed by atoms with Gasteiger partial charge in [0.05, 0.1) is 0 Å². The summed E-state index contributed by atoms with van der Waals surface area (Å²) in [6.07, 6.45) is 0. The lowest BCUT2D eigenvalue weighted by Crippen LogP contribution is -2.24. The van der Waals surface area contributed by atoms with Gasteiger partial charge in [-0.25, -0.2) is 0 Å². The summed E-state index contributed by atoms with van der Waals surface area (Å²) in [6.45, 7) is 0. The van der Waals surface area contributed by atoms with Crippen molar-refractivity contribution in [1.29, 1.82) is 0 Å². The van der Waals surface area contributed by atoms with E-state index in [0.717, 1.165) is 15.9 Å². The van der Waals surface area contributed by atoms with Crippen LogP contribution in [0.15, 0.2) is 72.8 Å². The third kappa shape index (κ3) is 4.98. The molecule has 0 aliphatic heterocycles. The molecule has 6 nitrogen and oxygen atoms in total. The molecule has 0 saturated carbocycles. The van der Waals surface area contributed by atoms with E-state index >= 15 is 0 Å². The summed E-state index contributed by atoms with van der Waals surface area (Å²) >= 11 is 0. The summed E-state index contributed by atoms with van der Waals surface area (Å²) in [5, 5.41) is 11.1. The summed E-state index contributed by atoms with van der Waals surface area (Å²) < 4.78 is 0. The lowest BCUT2D eigenvalue weighted by atomic mass is 10.2. The normalized spacial score (nSPS) is 10.5. The molecular weight excluding hydrogens is 409 g/mol. The van der Waals surface area contributed by atoms with Gasteiger partial charge in [0.2, 0.25) is 0 Å². The second kappa shape index (κ2) is 10.0. The SMILES string of the molecule is CNC(=O)c1ccc(P(c2ccc(C(=O)NC)cc2)c2ccc(C(=O)NC)cc2)cc1. The van der Waals surface area contributed by atoms with Crippen molar-refractivity contribution in [3.63, 3.8) is 0 Å². The van der Waals surface area contributed by atoms with E-state index in [-0.39, 0.29) is 17.7 Å². The van der Waals surface area contributed by atoms with Gasteiger partial charge in [0.15, 0.2) is 0 Å². The van der Waals surface area contributed by atoms with Crippen molar-refractivity contribution in [2.75, 3.05) is 21.1 Å². The molecule has 158 valence electrons. The highest BCUT2D eigenvalue weighted by Gasteiger charge is 2.18. The van der Waals surface area contributed by atoms with Crippen LogP contribution in [0, 0.1) is 0 Å². The summed E-state index contributed by atoms with van der Waals surface area (Å²) in [4.78, 5) is 35.7. The molecular formula is C24H24N3O3P. The van der Waals surface area contributed by atoms with E-state index in [9.17, 15) is 14.4 Å². The maximum absolute atomic E-state index is 11.9. The Morgan fingerprint density at radius 3 is 0.903 bits per heavy atom. The fourth-order valence-electron chi connectivity index (χ4n) is 3.17. The van der Waals surface area contributed by atoms with Crippen molar-refractivity contribution in [3.8, 4) is 0 Å². The van der Waals surface area contributed by atoms with E-state index in [4.69, 9.17) is 0 Å². The fraction of sp³-hybridized carbons (Fsp3) is 0.125. The maximum atomic E-state index is 11.9. The third-order valence-electron chi connectivity index (χ3n) is 4.84. The first kappa shape index (κ1) is 22.2. The van der Waals surface area contributed by atoms with Crippen LogP contribution in [-0.4, -0.2) is 38.9 Å². The Balaban J connectivity index is 2.04. The Hall–Kier alpha value is -3.50. The van der Waals surface area contributed by atoms with Crippen molar-refractivity contribution in [2.24, 2.45) is 0 Å². The van der Waals surface area contributed by atoms with Gasteiger partial charge in [-0.2, -0.15) is 0 Å². The first-order chi connectivity index (χ1) is 15.0. The van der Waals surface area contributed by atoms with Crippen LogP contribution < -0.4 is 31.9 Å². The number of amides is 3. The maximum Gasteiger partial charge on any atom is 0.251 e. The third-order valence-corrected chi connectivity index (χ3v) is 7.29. The van der Waals surface area contributed by atoms with Crippen molar-refractivity contribution in [2.45, 2.75) is 0 Å². The summed E-state index contributed by atoms with van der Waals surface area (Å²) in [7, 11) is 3.86. The van der Waals surface area contributed by atoms with Crippen molar-refractivity contribution in [1.82, 2.24) is 16.0 Å². The Labute approximate surface area is 182 Å². The van der Waals surface area contributed by atoms with Crippen LogP contribution in [0.4, 0.5) is 0 Å².